The molecule has 242 valence electrons. The number of oxazole rings is 1. The summed E-state index contributed by atoms with van der Waals surface area (Å²) in [5.41, 5.74) is 5.01. The molecule has 6 aromatic rings. The molecule has 2 bridgehead atoms. The molecule has 1 aliphatic carbocycles. The molecule has 13 nitrogen and oxygen atoms in total. The van der Waals surface area contributed by atoms with Gasteiger partial charge in [0.2, 0.25) is 11.8 Å². The van der Waals surface area contributed by atoms with E-state index in [1.807, 2.05) is 16.8 Å². The van der Waals surface area contributed by atoms with Crippen molar-refractivity contribution in [1.29, 1.82) is 5.26 Å². The minimum absolute atomic E-state index is 0.132. The predicted molar refractivity (Wildman–Crippen MR) is 173 cm³/mol. The van der Waals surface area contributed by atoms with Gasteiger partial charge in [0.25, 0.3) is 5.56 Å². The number of hydrogen-bond donors (Lipinski definition) is 0. The van der Waals surface area contributed by atoms with Gasteiger partial charge in [-0.2, -0.15) is 5.26 Å². The van der Waals surface area contributed by atoms with E-state index in [0.29, 0.717) is 87.3 Å². The Morgan fingerprint density at radius 1 is 1.04 bits per heavy atom. The Labute approximate surface area is 273 Å². The van der Waals surface area contributed by atoms with Crippen LogP contribution in [0.5, 0.6) is 0 Å². The number of fused-ring (bicyclic) bond motifs is 7. The van der Waals surface area contributed by atoms with Gasteiger partial charge < -0.3 is 13.6 Å². The summed E-state index contributed by atoms with van der Waals surface area (Å²) < 4.78 is 23.5. The van der Waals surface area contributed by atoms with Crippen molar-refractivity contribution in [3.63, 3.8) is 0 Å². The molecule has 0 N–H and O–H groups in total. The number of rotatable bonds is 7. The molecule has 2 saturated heterocycles. The molecule has 5 aromatic heterocycles. The monoisotopic (exact) mass is 644 g/mol. The second-order valence-electron chi connectivity index (χ2n) is 13.3. The smallest absolute Gasteiger partial charge is 0.420 e. The first-order valence-electron chi connectivity index (χ1n) is 16.5. The average Bonchev–Trinajstić information content (AvgIpc) is 3.90. The van der Waals surface area contributed by atoms with Crippen molar-refractivity contribution in [1.82, 2.24) is 34.1 Å². The van der Waals surface area contributed by atoms with Crippen molar-refractivity contribution in [3.8, 4) is 28.7 Å². The lowest BCUT2D eigenvalue weighted by atomic mass is 9.73. The Hall–Kier alpha value is -5.35. The summed E-state index contributed by atoms with van der Waals surface area (Å²) >= 11 is 0. The maximum absolute atomic E-state index is 14.1. The van der Waals surface area contributed by atoms with Crippen LogP contribution < -0.4 is 11.3 Å². The Morgan fingerprint density at radius 3 is 2.62 bits per heavy atom. The van der Waals surface area contributed by atoms with E-state index in [4.69, 9.17) is 23.8 Å². The van der Waals surface area contributed by atoms with Crippen molar-refractivity contribution in [3.05, 3.63) is 80.3 Å². The molecular formula is C35H32N8O5. The minimum Gasteiger partial charge on any atom is -0.421 e. The van der Waals surface area contributed by atoms with Gasteiger partial charge in [-0.3, -0.25) is 19.0 Å². The largest absolute Gasteiger partial charge is 0.421 e. The molecule has 0 atom stereocenters. The van der Waals surface area contributed by atoms with Crippen LogP contribution >= 0.6 is 0 Å². The third-order valence-corrected chi connectivity index (χ3v) is 10.4. The maximum atomic E-state index is 14.1. The zero-order valence-corrected chi connectivity index (χ0v) is 26.4. The van der Waals surface area contributed by atoms with Crippen molar-refractivity contribution in [2.24, 2.45) is 5.92 Å². The topological polar surface area (TPSA) is 160 Å². The van der Waals surface area contributed by atoms with E-state index in [-0.39, 0.29) is 17.7 Å². The van der Waals surface area contributed by atoms with Crippen molar-refractivity contribution in [2.75, 3.05) is 6.61 Å². The number of ether oxygens (including phenoxy) is 1. The van der Waals surface area contributed by atoms with Crippen molar-refractivity contribution in [2.45, 2.75) is 77.1 Å². The van der Waals surface area contributed by atoms with Gasteiger partial charge in [-0.05, 0) is 80.7 Å². The second kappa shape index (κ2) is 10.8. The summed E-state index contributed by atoms with van der Waals surface area (Å²) in [6.45, 7) is 4.02. The number of aromatic nitrogens is 7. The van der Waals surface area contributed by atoms with Crippen LogP contribution in [0.2, 0.25) is 0 Å². The summed E-state index contributed by atoms with van der Waals surface area (Å²) in [6, 6.07) is 10.9. The minimum atomic E-state index is -0.536. The molecule has 1 saturated carbocycles. The van der Waals surface area contributed by atoms with Gasteiger partial charge >= 0.3 is 5.76 Å². The number of hydrogen-bond acceptors (Lipinski definition) is 10. The van der Waals surface area contributed by atoms with Gasteiger partial charge in [0.15, 0.2) is 11.2 Å². The lowest BCUT2D eigenvalue weighted by Crippen LogP contribution is -2.45. The quantitative estimate of drug-likeness (QED) is 0.237. The zero-order valence-electron chi connectivity index (χ0n) is 26.4. The molecule has 1 aromatic carbocycles. The highest BCUT2D eigenvalue weighted by Crippen LogP contribution is 2.45. The molecule has 13 heteroatoms. The first-order chi connectivity index (χ1) is 23.4. The van der Waals surface area contributed by atoms with E-state index in [0.717, 1.165) is 38.0 Å². The third kappa shape index (κ3) is 4.54. The number of nitriles is 1. The van der Waals surface area contributed by atoms with Gasteiger partial charge in [0.1, 0.15) is 6.07 Å². The average molecular weight is 645 g/mol. The molecule has 0 unspecified atom stereocenters. The van der Waals surface area contributed by atoms with E-state index in [1.165, 1.54) is 23.6 Å². The highest BCUT2D eigenvalue weighted by Gasteiger charge is 2.41. The number of pyridine rings is 2. The molecule has 4 aliphatic rings. The van der Waals surface area contributed by atoms with E-state index >= 15 is 0 Å². The Bertz CT molecular complexity index is 2380. The first kappa shape index (κ1) is 28.8. The normalized spacial score (nSPS) is 20.1. The maximum Gasteiger partial charge on any atom is 0.420 e. The van der Waals surface area contributed by atoms with Crippen molar-refractivity contribution < 1.29 is 13.6 Å². The zero-order chi connectivity index (χ0) is 32.6. The first-order valence-corrected chi connectivity index (χ1v) is 16.5. The highest BCUT2D eigenvalue weighted by molar-refractivity contribution is 6.02. The van der Waals surface area contributed by atoms with E-state index in [2.05, 4.69) is 21.3 Å². The van der Waals surface area contributed by atoms with E-state index in [1.54, 1.807) is 29.8 Å². The van der Waals surface area contributed by atoms with Crippen molar-refractivity contribution >= 4 is 22.1 Å². The fraction of sp³-hybridized carbons (Fsp3) is 0.400. The summed E-state index contributed by atoms with van der Waals surface area (Å²) in [5.74, 6) is 0.817. The molecule has 0 amide bonds. The van der Waals surface area contributed by atoms with E-state index < -0.39 is 5.76 Å². The van der Waals surface area contributed by atoms with Crippen LogP contribution in [0.3, 0.4) is 0 Å². The number of benzene rings is 1. The Balaban J connectivity index is 1.22. The lowest BCUT2D eigenvalue weighted by molar-refractivity contribution is -0.147. The van der Waals surface area contributed by atoms with Crippen LogP contribution in [0.1, 0.15) is 61.4 Å². The van der Waals surface area contributed by atoms with Gasteiger partial charge in [0.05, 0.1) is 52.2 Å². The summed E-state index contributed by atoms with van der Waals surface area (Å²) in [5, 5.41) is 18.2. The van der Waals surface area contributed by atoms with Gasteiger partial charge in [-0.1, -0.05) is 6.07 Å². The summed E-state index contributed by atoms with van der Waals surface area (Å²) in [4.78, 5) is 36.7. The SMILES string of the molecule is Cc1nnc(-c2c(CCC34CCC(CC3)CO4)nc3c(c2-c2ccc4c(c2)oc(=O)n4Cc2ccc(C#N)cn2)c(=O)n2n3CCC2)o1. The molecule has 10 rings (SSSR count). The number of aryl methyl sites for hydroxylation is 3. The molecule has 3 fully saturated rings. The Morgan fingerprint density at radius 2 is 1.90 bits per heavy atom. The Kier molecular flexibility index (Phi) is 6.52. The third-order valence-electron chi connectivity index (χ3n) is 10.4. The molecule has 8 heterocycles. The van der Waals surface area contributed by atoms with Crippen LogP contribution in [0.4, 0.5) is 0 Å². The fourth-order valence-corrected chi connectivity index (χ4v) is 7.88. The second-order valence-corrected chi connectivity index (χ2v) is 13.3. The van der Waals surface area contributed by atoms with E-state index in [9.17, 15) is 9.59 Å². The van der Waals surface area contributed by atoms with Crippen LogP contribution in [0, 0.1) is 24.2 Å². The van der Waals surface area contributed by atoms with Gasteiger partial charge in [-0.25, -0.2) is 14.5 Å². The summed E-state index contributed by atoms with van der Waals surface area (Å²) in [7, 11) is 0. The van der Waals surface area contributed by atoms with Gasteiger partial charge in [0, 0.05) is 31.8 Å². The fourth-order valence-electron chi connectivity index (χ4n) is 7.88. The van der Waals surface area contributed by atoms with Crippen LogP contribution in [-0.2, 0) is 30.8 Å². The molecular weight excluding hydrogens is 612 g/mol. The highest BCUT2D eigenvalue weighted by atomic mass is 16.5. The van der Waals surface area contributed by atoms with Gasteiger partial charge in [-0.15, -0.1) is 10.2 Å². The molecule has 48 heavy (non-hydrogen) atoms. The molecule has 0 radical (unpaired) electrons. The lowest BCUT2D eigenvalue weighted by Gasteiger charge is -2.46. The standard InChI is InChI=1S/C35H32N8O5/c1-20-39-40-32(47-20)29-25(9-12-35-10-7-21(8-11-35)19-46-35)38-31-30(33(44)43-14-2-13-42(31)43)28(29)23-4-6-26-27(15-23)48-34(45)41(26)18-24-5-3-22(16-36)17-37-24/h3-6,15,17,21H,2,7-14,18-19H2,1H3. The van der Waals surface area contributed by atoms with Crippen LogP contribution in [0.25, 0.3) is 44.7 Å². The van der Waals surface area contributed by atoms with Crippen LogP contribution in [-0.4, -0.2) is 46.3 Å². The molecule has 3 aliphatic heterocycles. The number of nitrogens with zero attached hydrogens (tertiary/aromatic N) is 8. The van der Waals surface area contributed by atoms with Crippen LogP contribution in [0.15, 0.2) is 55.0 Å². The predicted octanol–water partition coefficient (Wildman–Crippen LogP) is 4.74. The summed E-state index contributed by atoms with van der Waals surface area (Å²) in [6.07, 6.45) is 8.17. The molecule has 0 spiro atoms.